The lowest BCUT2D eigenvalue weighted by Gasteiger charge is -2.12. The number of alkyl halides is 3. The van der Waals surface area contributed by atoms with Crippen molar-refractivity contribution >= 4 is 16.6 Å². The molecule has 0 radical (unpaired) electrons. The van der Waals surface area contributed by atoms with Gasteiger partial charge in [0.1, 0.15) is 11.8 Å². The first-order valence-corrected chi connectivity index (χ1v) is 7.87. The largest absolute Gasteiger partial charge is 0.495 e. The first kappa shape index (κ1) is 18.3. The highest BCUT2D eigenvalue weighted by atomic mass is 19.4. The highest BCUT2D eigenvalue weighted by Gasteiger charge is 2.32. The van der Waals surface area contributed by atoms with Crippen molar-refractivity contribution in [2.24, 2.45) is 0 Å². The minimum atomic E-state index is -4.55. The number of rotatable bonds is 4. The number of nitrogens with one attached hydrogen (secondary N) is 2. The number of ether oxygens (including phenoxy) is 1. The smallest absolute Gasteiger partial charge is 0.418 e. The van der Waals surface area contributed by atoms with Gasteiger partial charge in [0.05, 0.1) is 23.8 Å². The normalized spacial score (nSPS) is 11.2. The molecule has 0 aliphatic heterocycles. The van der Waals surface area contributed by atoms with Crippen LogP contribution in [0.2, 0.25) is 0 Å². The van der Waals surface area contributed by atoms with E-state index < -0.39 is 17.3 Å². The highest BCUT2D eigenvalue weighted by molar-refractivity contribution is 5.82. The first-order valence-electron chi connectivity index (χ1n) is 7.87. The van der Waals surface area contributed by atoms with Gasteiger partial charge in [-0.1, -0.05) is 12.1 Å². The molecule has 0 saturated carbocycles. The molecule has 0 bridgehead atoms. The van der Waals surface area contributed by atoms with Crippen molar-refractivity contribution in [3.05, 3.63) is 69.5 Å². The van der Waals surface area contributed by atoms with E-state index in [0.717, 1.165) is 6.07 Å². The maximum atomic E-state index is 13.1. The fourth-order valence-electron chi connectivity index (χ4n) is 2.74. The third-order valence-electron chi connectivity index (χ3n) is 4.07. The minimum Gasteiger partial charge on any atom is -0.495 e. The molecule has 8 heteroatoms. The molecule has 0 aliphatic rings. The van der Waals surface area contributed by atoms with Crippen molar-refractivity contribution in [3.8, 4) is 11.8 Å². The molecule has 0 spiro atoms. The summed E-state index contributed by atoms with van der Waals surface area (Å²) in [7, 11) is 1.44. The van der Waals surface area contributed by atoms with Crippen LogP contribution in [-0.2, 0) is 12.7 Å². The molecule has 27 heavy (non-hydrogen) atoms. The van der Waals surface area contributed by atoms with Gasteiger partial charge in [0, 0.05) is 23.9 Å². The minimum absolute atomic E-state index is 0.0938. The van der Waals surface area contributed by atoms with E-state index in [1.165, 1.54) is 25.3 Å². The van der Waals surface area contributed by atoms with Crippen LogP contribution in [-0.4, -0.2) is 12.1 Å². The summed E-state index contributed by atoms with van der Waals surface area (Å²) in [5.74, 6) is 0.379. The van der Waals surface area contributed by atoms with E-state index in [1.807, 2.05) is 6.07 Å². The maximum absolute atomic E-state index is 13.1. The van der Waals surface area contributed by atoms with Crippen molar-refractivity contribution in [2.45, 2.75) is 12.7 Å². The van der Waals surface area contributed by atoms with Crippen molar-refractivity contribution in [1.29, 1.82) is 5.26 Å². The Morgan fingerprint density at radius 3 is 2.67 bits per heavy atom. The van der Waals surface area contributed by atoms with Crippen LogP contribution in [0, 0.1) is 11.3 Å². The third-order valence-corrected chi connectivity index (χ3v) is 4.07. The van der Waals surface area contributed by atoms with Crippen molar-refractivity contribution in [3.63, 3.8) is 0 Å². The predicted molar refractivity (Wildman–Crippen MR) is 94.6 cm³/mol. The molecule has 5 nitrogen and oxygen atoms in total. The number of aromatic nitrogens is 1. The lowest BCUT2D eigenvalue weighted by atomic mass is 10.1. The topological polar surface area (TPSA) is 77.9 Å². The number of aromatic amines is 1. The molecule has 0 fully saturated rings. The Bertz CT molecular complexity index is 1100. The molecule has 0 aliphatic carbocycles. The van der Waals surface area contributed by atoms with Crippen LogP contribution in [0.5, 0.6) is 5.75 Å². The number of hydrogen-bond donors (Lipinski definition) is 2. The fraction of sp³-hybridized carbons (Fsp3) is 0.158. The number of H-pyrrole nitrogens is 1. The van der Waals surface area contributed by atoms with Crippen LogP contribution in [0.3, 0.4) is 0 Å². The van der Waals surface area contributed by atoms with E-state index in [0.29, 0.717) is 22.4 Å². The SMILES string of the molecule is COc1cc(NCc2cc3cccc(C(F)(F)F)c3[nH]c2=O)ccc1C#N. The maximum Gasteiger partial charge on any atom is 0.418 e. The average molecular weight is 373 g/mol. The summed E-state index contributed by atoms with van der Waals surface area (Å²) in [5.41, 5.74) is -0.467. The third kappa shape index (κ3) is 3.72. The molecule has 0 saturated heterocycles. The zero-order valence-corrected chi connectivity index (χ0v) is 14.1. The Labute approximate surface area is 152 Å². The van der Waals surface area contributed by atoms with Gasteiger partial charge in [-0.3, -0.25) is 4.79 Å². The van der Waals surface area contributed by atoms with Gasteiger partial charge in [-0.05, 0) is 29.7 Å². The number of halogens is 3. The van der Waals surface area contributed by atoms with Gasteiger partial charge in [0.15, 0.2) is 0 Å². The first-order chi connectivity index (χ1) is 12.8. The number of fused-ring (bicyclic) bond motifs is 1. The second-order valence-electron chi connectivity index (χ2n) is 5.77. The summed E-state index contributed by atoms with van der Waals surface area (Å²) < 4.78 is 44.4. The summed E-state index contributed by atoms with van der Waals surface area (Å²) in [6, 6.07) is 12.0. The second kappa shape index (κ2) is 7.03. The Kier molecular flexibility index (Phi) is 4.77. The van der Waals surface area contributed by atoms with Crippen LogP contribution in [0.25, 0.3) is 10.9 Å². The van der Waals surface area contributed by atoms with Gasteiger partial charge in [0.2, 0.25) is 0 Å². The van der Waals surface area contributed by atoms with E-state index in [9.17, 15) is 18.0 Å². The van der Waals surface area contributed by atoms with E-state index in [4.69, 9.17) is 10.00 Å². The van der Waals surface area contributed by atoms with Crippen molar-refractivity contribution in [2.75, 3.05) is 12.4 Å². The Morgan fingerprint density at radius 1 is 1.22 bits per heavy atom. The lowest BCUT2D eigenvalue weighted by molar-refractivity contribution is -0.136. The van der Waals surface area contributed by atoms with Crippen molar-refractivity contribution in [1.82, 2.24) is 4.98 Å². The van der Waals surface area contributed by atoms with Gasteiger partial charge in [-0.2, -0.15) is 18.4 Å². The average Bonchev–Trinajstić information content (AvgIpc) is 2.64. The number of hydrogen-bond acceptors (Lipinski definition) is 4. The number of benzene rings is 2. The van der Waals surface area contributed by atoms with Gasteiger partial charge in [-0.25, -0.2) is 0 Å². The predicted octanol–water partition coefficient (Wildman–Crippen LogP) is 4.04. The number of pyridine rings is 1. The Balaban J connectivity index is 1.92. The standard InChI is InChI=1S/C19H14F3N3O2/c1-27-16-8-14(6-5-12(16)9-23)24-10-13-7-11-3-2-4-15(19(20,21)22)17(11)25-18(13)26/h2-8,24H,10H2,1H3,(H,25,26). The van der Waals surface area contributed by atoms with Gasteiger partial charge < -0.3 is 15.0 Å². The molecule has 138 valence electrons. The second-order valence-corrected chi connectivity index (χ2v) is 5.77. The van der Waals surface area contributed by atoms with Crippen LogP contribution < -0.4 is 15.6 Å². The highest BCUT2D eigenvalue weighted by Crippen LogP contribution is 2.33. The molecular formula is C19H14F3N3O2. The zero-order valence-electron chi connectivity index (χ0n) is 14.1. The molecule has 2 N–H and O–H groups in total. The Morgan fingerprint density at radius 2 is 2.00 bits per heavy atom. The van der Waals surface area contributed by atoms with E-state index in [2.05, 4.69) is 10.3 Å². The van der Waals surface area contributed by atoms with Crippen molar-refractivity contribution < 1.29 is 17.9 Å². The quantitative estimate of drug-likeness (QED) is 0.724. The number of nitrogens with zero attached hydrogens (tertiary/aromatic N) is 1. The number of anilines is 1. The molecule has 2 aromatic carbocycles. The summed E-state index contributed by atoms with van der Waals surface area (Å²) in [5, 5.41) is 12.3. The monoisotopic (exact) mass is 373 g/mol. The molecule has 0 unspecified atom stereocenters. The van der Waals surface area contributed by atoms with Gasteiger partial charge >= 0.3 is 6.18 Å². The molecular weight excluding hydrogens is 359 g/mol. The number of nitriles is 1. The number of para-hydroxylation sites is 1. The van der Waals surface area contributed by atoms with Gasteiger partial charge in [0.25, 0.3) is 5.56 Å². The fourth-order valence-corrected chi connectivity index (χ4v) is 2.74. The molecule has 3 rings (SSSR count). The van der Waals surface area contributed by atoms with E-state index >= 15 is 0 Å². The van der Waals surface area contributed by atoms with Gasteiger partial charge in [-0.15, -0.1) is 0 Å². The summed E-state index contributed by atoms with van der Waals surface area (Å²) in [6.07, 6.45) is -4.55. The summed E-state index contributed by atoms with van der Waals surface area (Å²) in [6.45, 7) is 0.0938. The Hall–Kier alpha value is -3.47. The van der Waals surface area contributed by atoms with Crippen LogP contribution in [0.4, 0.5) is 18.9 Å². The molecule has 1 heterocycles. The summed E-state index contributed by atoms with van der Waals surface area (Å²) in [4.78, 5) is 14.6. The zero-order chi connectivity index (χ0) is 19.6. The lowest BCUT2D eigenvalue weighted by Crippen LogP contribution is -2.17. The molecule has 0 amide bonds. The van der Waals surface area contributed by atoms with Crippen LogP contribution in [0.1, 0.15) is 16.7 Å². The van der Waals surface area contributed by atoms with Crippen LogP contribution >= 0.6 is 0 Å². The summed E-state index contributed by atoms with van der Waals surface area (Å²) >= 11 is 0. The van der Waals surface area contributed by atoms with Crippen LogP contribution in [0.15, 0.2) is 47.3 Å². The van der Waals surface area contributed by atoms with E-state index in [-0.39, 0.29) is 17.6 Å². The molecule has 0 atom stereocenters. The van der Waals surface area contributed by atoms with E-state index in [1.54, 1.807) is 18.2 Å². The molecule has 1 aromatic heterocycles. The molecule has 3 aromatic rings. The number of methoxy groups -OCH3 is 1.